The molecule has 1 aliphatic carbocycles. The lowest BCUT2D eigenvalue weighted by Gasteiger charge is -2.35. The Balaban J connectivity index is 0.00000276. The number of rotatable bonds is 14. The van der Waals surface area contributed by atoms with Gasteiger partial charge in [-0.25, -0.2) is 4.79 Å². The summed E-state index contributed by atoms with van der Waals surface area (Å²) in [5.41, 5.74) is 7.25. The van der Waals surface area contributed by atoms with Gasteiger partial charge < -0.3 is 25.0 Å². The van der Waals surface area contributed by atoms with Crippen molar-refractivity contribution in [3.63, 3.8) is 0 Å². The highest BCUT2D eigenvalue weighted by Gasteiger charge is 2.37. The molecule has 1 aliphatic heterocycles. The summed E-state index contributed by atoms with van der Waals surface area (Å²) in [4.78, 5) is 17.2. The molecule has 6 rings (SSSR count). The molecule has 2 aliphatic rings. The highest BCUT2D eigenvalue weighted by molar-refractivity contribution is 7.99. The number of nitrogens with one attached hydrogen (secondary N) is 2. The van der Waals surface area contributed by atoms with E-state index in [4.69, 9.17) is 9.47 Å². The van der Waals surface area contributed by atoms with E-state index in [1.165, 1.54) is 47.4 Å². The summed E-state index contributed by atoms with van der Waals surface area (Å²) in [6.45, 7) is 9.75. The van der Waals surface area contributed by atoms with E-state index in [0.29, 0.717) is 13.2 Å². The minimum atomic E-state index is -0.190. The number of fused-ring (bicyclic) bond motifs is 1. The van der Waals surface area contributed by atoms with E-state index in [2.05, 4.69) is 104 Å². The normalized spacial score (nSPS) is 22.2. The molecular formula is C47H63N3O3S. The number of unbranched alkanes of at least 4 members (excludes halogenated alkanes) is 1. The first-order valence-electron chi connectivity index (χ1n) is 20.3. The summed E-state index contributed by atoms with van der Waals surface area (Å²) in [5, 5.41) is 6.50. The van der Waals surface area contributed by atoms with Crippen molar-refractivity contribution in [2.45, 2.75) is 121 Å². The number of hydrogen-bond donors (Lipinski definition) is 2. The number of anilines is 2. The topological polar surface area (TPSA) is 62.8 Å². The zero-order valence-corrected chi connectivity index (χ0v) is 34.3. The molecule has 4 aromatic carbocycles. The number of benzene rings is 4. The minimum Gasteiger partial charge on any atom is -0.378 e. The van der Waals surface area contributed by atoms with Gasteiger partial charge in [-0.1, -0.05) is 113 Å². The molecule has 290 valence electrons. The molecule has 0 radical (unpaired) electrons. The number of thioether (sulfide) groups is 1. The van der Waals surface area contributed by atoms with Crippen LogP contribution in [0, 0.1) is 5.41 Å². The van der Waals surface area contributed by atoms with Crippen LogP contribution in [0.2, 0.25) is 0 Å². The van der Waals surface area contributed by atoms with Crippen molar-refractivity contribution in [1.29, 1.82) is 0 Å². The number of nitrogens with zero attached hydrogens (tertiary/aromatic N) is 1. The molecule has 4 atom stereocenters. The molecule has 1 saturated carbocycles. The summed E-state index contributed by atoms with van der Waals surface area (Å²) in [6, 6.07) is 35.8. The minimum absolute atomic E-state index is 0.0184. The Morgan fingerprint density at radius 1 is 0.815 bits per heavy atom. The number of ether oxygens (including phenoxy) is 2. The van der Waals surface area contributed by atoms with Crippen LogP contribution in [0.5, 0.6) is 0 Å². The predicted molar refractivity (Wildman–Crippen MR) is 228 cm³/mol. The molecule has 1 heterocycles. The molecule has 0 bridgehead atoms. The summed E-state index contributed by atoms with van der Waals surface area (Å²) in [7, 11) is 4.23. The van der Waals surface area contributed by atoms with Crippen LogP contribution in [0.15, 0.2) is 108 Å². The largest absolute Gasteiger partial charge is 0.378 e. The van der Waals surface area contributed by atoms with Crippen LogP contribution in [0.4, 0.5) is 16.2 Å². The van der Waals surface area contributed by atoms with E-state index >= 15 is 0 Å². The molecule has 1 fully saturated rings. The zero-order valence-electron chi connectivity index (χ0n) is 33.5. The van der Waals surface area contributed by atoms with E-state index in [0.717, 1.165) is 48.3 Å². The fraction of sp³-hybridized carbons (Fsp3) is 0.468. The molecular weight excluding hydrogens is 687 g/mol. The first-order chi connectivity index (χ1) is 26.3. The lowest BCUT2D eigenvalue weighted by Crippen LogP contribution is -2.46. The van der Waals surface area contributed by atoms with Gasteiger partial charge in [0.15, 0.2) is 0 Å². The molecule has 0 saturated heterocycles. The van der Waals surface area contributed by atoms with Gasteiger partial charge in [0, 0.05) is 48.1 Å². The second kappa shape index (κ2) is 20.8. The summed E-state index contributed by atoms with van der Waals surface area (Å²) in [5.74, 6) is 1.39. The molecule has 0 aromatic heterocycles. The average molecular weight is 750 g/mol. The third-order valence-corrected chi connectivity index (χ3v) is 12.5. The van der Waals surface area contributed by atoms with Crippen molar-refractivity contribution in [2.75, 3.05) is 30.1 Å². The molecule has 6 nitrogen and oxygen atoms in total. The van der Waals surface area contributed by atoms with E-state index in [9.17, 15) is 4.79 Å². The van der Waals surface area contributed by atoms with Gasteiger partial charge in [0.25, 0.3) is 0 Å². The monoisotopic (exact) mass is 749 g/mol. The lowest BCUT2D eigenvalue weighted by molar-refractivity contribution is -0.0629. The third kappa shape index (κ3) is 11.6. The Kier molecular flexibility index (Phi) is 15.9. The number of amides is 2. The van der Waals surface area contributed by atoms with Gasteiger partial charge in [0.2, 0.25) is 0 Å². The van der Waals surface area contributed by atoms with E-state index < -0.39 is 0 Å². The lowest BCUT2D eigenvalue weighted by atomic mass is 9.71. The van der Waals surface area contributed by atoms with Crippen molar-refractivity contribution in [3.8, 4) is 0 Å². The van der Waals surface area contributed by atoms with E-state index in [1.807, 2.05) is 68.1 Å². The van der Waals surface area contributed by atoms with Crippen molar-refractivity contribution < 1.29 is 14.3 Å². The maximum atomic E-state index is 13.7. The molecule has 4 aromatic rings. The maximum absolute atomic E-state index is 13.7. The van der Waals surface area contributed by atoms with Crippen LogP contribution in [0.1, 0.15) is 107 Å². The fourth-order valence-electron chi connectivity index (χ4n) is 7.87. The summed E-state index contributed by atoms with van der Waals surface area (Å²) in [6.07, 6.45) is 8.22. The molecule has 2 amide bonds. The highest BCUT2D eigenvalue weighted by atomic mass is 32.2. The third-order valence-electron chi connectivity index (χ3n) is 11.0. The second-order valence-corrected chi connectivity index (χ2v) is 16.1. The van der Waals surface area contributed by atoms with Gasteiger partial charge in [-0.05, 0) is 96.5 Å². The van der Waals surface area contributed by atoms with Gasteiger partial charge in [-0.2, -0.15) is 0 Å². The zero-order chi connectivity index (χ0) is 38.3. The van der Waals surface area contributed by atoms with Gasteiger partial charge in [-0.15, -0.1) is 11.8 Å². The van der Waals surface area contributed by atoms with Crippen molar-refractivity contribution in [3.05, 3.63) is 125 Å². The van der Waals surface area contributed by atoms with Crippen LogP contribution in [0.3, 0.4) is 0 Å². The van der Waals surface area contributed by atoms with Crippen molar-refractivity contribution >= 4 is 29.2 Å². The fourth-order valence-corrected chi connectivity index (χ4v) is 9.33. The Morgan fingerprint density at radius 3 is 2.06 bits per heavy atom. The maximum Gasteiger partial charge on any atom is 0.319 e. The van der Waals surface area contributed by atoms with Crippen LogP contribution in [0.25, 0.3) is 0 Å². The Hall–Kier alpha value is -3.78. The first-order valence-corrected chi connectivity index (χ1v) is 21.2. The van der Waals surface area contributed by atoms with Crippen LogP contribution in [-0.2, 0) is 22.7 Å². The second-order valence-electron chi connectivity index (χ2n) is 15.1. The SMILES string of the molecule is CC.CCCC[C@]1(CC)CSc2ccc(N(C)C)cc2[C@@H](c2cccc(NC(=O)NC3CC(OCc4ccccc4)CC(OCc4ccccc4)C3)c2)C1. The number of carbonyl (C=O) groups is 1. The van der Waals surface area contributed by atoms with Crippen LogP contribution in [-0.4, -0.2) is 44.1 Å². The molecule has 2 N–H and O–H groups in total. The molecule has 0 spiro atoms. The first kappa shape index (κ1) is 41.4. The number of urea groups is 1. The Bertz CT molecular complexity index is 1670. The Morgan fingerprint density at radius 2 is 1.46 bits per heavy atom. The van der Waals surface area contributed by atoms with E-state index in [-0.39, 0.29) is 35.6 Å². The predicted octanol–water partition coefficient (Wildman–Crippen LogP) is 11.8. The summed E-state index contributed by atoms with van der Waals surface area (Å²) >= 11 is 2.03. The smallest absolute Gasteiger partial charge is 0.319 e. The summed E-state index contributed by atoms with van der Waals surface area (Å²) < 4.78 is 12.8. The highest BCUT2D eigenvalue weighted by Crippen LogP contribution is 2.51. The number of carbonyl (C=O) groups excluding carboxylic acids is 1. The van der Waals surface area contributed by atoms with Gasteiger partial charge in [0.1, 0.15) is 0 Å². The molecule has 7 heteroatoms. The molecule has 54 heavy (non-hydrogen) atoms. The quantitative estimate of drug-likeness (QED) is 0.134. The van der Waals surface area contributed by atoms with Gasteiger partial charge in [-0.3, -0.25) is 0 Å². The standard InChI is InChI=1S/C45H57N3O3S.C2H6/c1-5-7-23-45(6-2)29-42(41-27-38(48(3)4)21-22-43(41)52-32-45)35-19-14-20-36(24-35)46-44(49)47-37-25-39(50-30-33-15-10-8-11-16-33)28-40(26-37)51-31-34-17-12-9-13-18-34;1-2/h8-22,24,27,37,39-40,42H,5-7,23,25-26,28-32H2,1-4H3,(H2,46,47,49);1-2H3/t37?,39?,40?,42-,45+;/m1./s1. The van der Waals surface area contributed by atoms with Crippen molar-refractivity contribution in [1.82, 2.24) is 5.32 Å². The van der Waals surface area contributed by atoms with Gasteiger partial charge >= 0.3 is 6.03 Å². The van der Waals surface area contributed by atoms with Crippen LogP contribution >= 0.6 is 11.8 Å². The van der Waals surface area contributed by atoms with Crippen molar-refractivity contribution in [2.24, 2.45) is 5.41 Å². The van der Waals surface area contributed by atoms with E-state index in [1.54, 1.807) is 0 Å². The Labute approximate surface area is 329 Å². The number of hydrogen-bond acceptors (Lipinski definition) is 5. The van der Waals surface area contributed by atoms with Crippen LogP contribution < -0.4 is 15.5 Å². The van der Waals surface area contributed by atoms with Gasteiger partial charge in [0.05, 0.1) is 25.4 Å². The molecule has 2 unspecified atom stereocenters. The average Bonchev–Trinajstić information content (AvgIpc) is 3.37.